The summed E-state index contributed by atoms with van der Waals surface area (Å²) in [6, 6.07) is 9.54. The lowest BCUT2D eigenvalue weighted by Crippen LogP contribution is -2.51. The fourth-order valence-electron chi connectivity index (χ4n) is 8.24. The molecule has 2 aromatic heterocycles. The number of fused-ring (bicyclic) bond motifs is 3. The van der Waals surface area contributed by atoms with Gasteiger partial charge in [0.1, 0.15) is 4.83 Å². The van der Waals surface area contributed by atoms with Crippen molar-refractivity contribution in [3.63, 3.8) is 0 Å². The van der Waals surface area contributed by atoms with E-state index >= 15 is 0 Å². The highest BCUT2D eigenvalue weighted by Crippen LogP contribution is 2.47. The third kappa shape index (κ3) is 5.45. The number of hydrogen-bond donors (Lipinski definition) is 3. The van der Waals surface area contributed by atoms with Crippen molar-refractivity contribution in [1.82, 2.24) is 19.7 Å². The first kappa shape index (κ1) is 30.4. The van der Waals surface area contributed by atoms with Gasteiger partial charge in [0.25, 0.3) is 0 Å². The number of nitrogens with zero attached hydrogens (tertiary/aromatic N) is 3. The molecule has 0 aliphatic carbocycles. The molecule has 4 saturated heterocycles. The number of carbonyl (C=O) groups excluding carboxylic acids is 2. The molecule has 3 aromatic rings. The topological polar surface area (TPSA) is 100 Å². The Hall–Kier alpha value is -2.21. The molecule has 4 aliphatic rings. The molecule has 1 aromatic carbocycles. The van der Waals surface area contributed by atoms with Crippen LogP contribution in [0.2, 0.25) is 0 Å². The molecular formula is C34H46N4O4S2. The van der Waals surface area contributed by atoms with Crippen molar-refractivity contribution in [2.45, 2.75) is 83.3 Å². The number of Topliss-reactive ketones (excluding diaryl/α,β-unsaturated/α-hetero) is 1. The molecule has 6 heterocycles. The van der Waals surface area contributed by atoms with Crippen LogP contribution in [0.15, 0.2) is 24.3 Å². The Labute approximate surface area is 266 Å². The van der Waals surface area contributed by atoms with Crippen LogP contribution in [0.4, 0.5) is 0 Å². The first-order valence-corrected chi connectivity index (χ1v) is 18.9. The fraction of sp³-hybridized carbons (Fsp3) is 0.588. The maximum atomic E-state index is 14.3. The summed E-state index contributed by atoms with van der Waals surface area (Å²) in [6.45, 7) is 11.8. The average Bonchev–Trinajstić information content (AvgIpc) is 3.78. The van der Waals surface area contributed by atoms with Gasteiger partial charge in [-0.15, -0.1) is 11.3 Å². The van der Waals surface area contributed by atoms with Crippen molar-refractivity contribution in [2.24, 2.45) is 0 Å². The quantitative estimate of drug-likeness (QED) is 0.264. The average molecular weight is 639 g/mol. The Morgan fingerprint density at radius 2 is 1.57 bits per heavy atom. The molecule has 8 nitrogen and oxygen atoms in total. The second-order valence-corrected chi connectivity index (χ2v) is 17.7. The number of ketones is 1. The minimum Gasteiger partial charge on any atom is -0.346 e. The van der Waals surface area contributed by atoms with E-state index in [0.717, 1.165) is 101 Å². The van der Waals surface area contributed by atoms with Crippen molar-refractivity contribution in [3.05, 3.63) is 45.8 Å². The number of aromatic amines is 1. The van der Waals surface area contributed by atoms with Gasteiger partial charge >= 0.3 is 0 Å². The molecule has 10 heteroatoms. The summed E-state index contributed by atoms with van der Waals surface area (Å²) < 4.78 is 20.2. The Balaban J connectivity index is 1.17. The Kier molecular flexibility index (Phi) is 7.78. The highest BCUT2D eigenvalue weighted by atomic mass is 32.3. The zero-order valence-corrected chi connectivity index (χ0v) is 28.0. The first-order valence-electron chi connectivity index (χ1n) is 16.2. The lowest BCUT2D eigenvalue weighted by molar-refractivity contribution is -0.137. The summed E-state index contributed by atoms with van der Waals surface area (Å²) in [5.74, 6) is 1.30. The fourth-order valence-corrected chi connectivity index (χ4v) is 11.2. The van der Waals surface area contributed by atoms with E-state index in [-0.39, 0.29) is 17.7 Å². The van der Waals surface area contributed by atoms with Crippen LogP contribution in [0.3, 0.4) is 0 Å². The molecule has 0 spiro atoms. The normalized spacial score (nSPS) is 26.6. The van der Waals surface area contributed by atoms with E-state index in [1.165, 1.54) is 0 Å². The molecule has 1 atom stereocenters. The molecule has 0 radical (unpaired) electrons. The molecule has 3 N–H and O–H groups in total. The van der Waals surface area contributed by atoms with Gasteiger partial charge in [-0.25, -0.2) is 0 Å². The lowest BCUT2D eigenvalue weighted by Gasteiger charge is -2.38. The van der Waals surface area contributed by atoms with Gasteiger partial charge in [0.2, 0.25) is 5.91 Å². The van der Waals surface area contributed by atoms with Gasteiger partial charge in [-0.1, -0.05) is 17.2 Å². The van der Waals surface area contributed by atoms with Crippen molar-refractivity contribution in [3.8, 4) is 11.3 Å². The van der Waals surface area contributed by atoms with E-state index in [0.29, 0.717) is 30.1 Å². The molecular weight excluding hydrogens is 593 g/mol. The number of H-pyrrole nitrogens is 1. The number of thiophene rings is 1. The summed E-state index contributed by atoms with van der Waals surface area (Å²) in [5, 5.41) is 0.921. The SMILES string of the molecule is Cc1cc(C)cc(-c2[nH]c3sc(C(C)(C)C(=O)N4C5CCC4CC5)cc3c2C(=O)CN2CCN(C3CCS(O)(O)C3)CC2)c1. The van der Waals surface area contributed by atoms with Crippen molar-refractivity contribution in [1.29, 1.82) is 0 Å². The van der Waals surface area contributed by atoms with Crippen molar-refractivity contribution >= 4 is 43.8 Å². The summed E-state index contributed by atoms with van der Waals surface area (Å²) in [5.41, 5.74) is 4.27. The second kappa shape index (κ2) is 11.2. The van der Waals surface area contributed by atoms with Gasteiger partial charge in [-0.2, -0.15) is 10.6 Å². The predicted octanol–water partition coefficient (Wildman–Crippen LogP) is 6.27. The van der Waals surface area contributed by atoms with Gasteiger partial charge in [0.05, 0.1) is 29.0 Å². The molecule has 0 saturated carbocycles. The van der Waals surface area contributed by atoms with Crippen LogP contribution < -0.4 is 0 Å². The molecule has 44 heavy (non-hydrogen) atoms. The molecule has 2 bridgehead atoms. The molecule has 238 valence electrons. The zero-order chi connectivity index (χ0) is 31.0. The van der Waals surface area contributed by atoms with E-state index in [1.54, 1.807) is 11.3 Å². The van der Waals surface area contributed by atoms with Crippen LogP contribution in [0.1, 0.15) is 72.3 Å². The monoisotopic (exact) mass is 638 g/mol. The highest BCUT2D eigenvalue weighted by molar-refractivity contribution is 8.24. The maximum absolute atomic E-state index is 14.3. The van der Waals surface area contributed by atoms with E-state index in [9.17, 15) is 18.7 Å². The Morgan fingerprint density at radius 3 is 2.16 bits per heavy atom. The van der Waals surface area contributed by atoms with Crippen molar-refractivity contribution in [2.75, 3.05) is 44.2 Å². The summed E-state index contributed by atoms with van der Waals surface area (Å²) >= 11 is 1.62. The summed E-state index contributed by atoms with van der Waals surface area (Å²) in [6.07, 6.45) is 5.31. The number of benzene rings is 1. The first-order chi connectivity index (χ1) is 20.9. The standard InChI is InChI=1S/C34H46N4O4S2/c1-21-15-22(2)17-23(16-21)31-30(28(39)19-36-10-12-37(13-11-36)26-9-14-44(41,42)20-26)27-18-29(43-32(27)35-31)34(3,4)33(40)38-24-5-6-25(38)8-7-24/h15-18,24-26,35,41-42H,5-14,19-20H2,1-4H3. The largest absolute Gasteiger partial charge is 0.346 e. The molecule has 7 rings (SSSR count). The van der Waals surface area contributed by atoms with Gasteiger partial charge in [0, 0.05) is 60.3 Å². The lowest BCUT2D eigenvalue weighted by atomic mass is 9.88. The Morgan fingerprint density at radius 1 is 0.932 bits per heavy atom. The van der Waals surface area contributed by atoms with E-state index < -0.39 is 16.0 Å². The van der Waals surface area contributed by atoms with Crippen LogP contribution in [0, 0.1) is 13.8 Å². The van der Waals surface area contributed by atoms with Crippen LogP contribution >= 0.6 is 21.9 Å². The van der Waals surface area contributed by atoms with E-state index in [4.69, 9.17) is 0 Å². The van der Waals surface area contributed by atoms with Crippen LogP contribution in [0.25, 0.3) is 21.5 Å². The highest BCUT2D eigenvalue weighted by Gasteiger charge is 2.47. The minimum atomic E-state index is -2.42. The third-order valence-electron chi connectivity index (χ3n) is 10.6. The number of carbonyl (C=O) groups is 2. The number of aromatic nitrogens is 1. The second-order valence-electron chi connectivity index (χ2n) is 14.3. The van der Waals surface area contributed by atoms with E-state index in [1.807, 2.05) is 13.8 Å². The number of nitrogens with one attached hydrogen (secondary N) is 1. The van der Waals surface area contributed by atoms with Gasteiger partial charge < -0.3 is 9.88 Å². The predicted molar refractivity (Wildman–Crippen MR) is 180 cm³/mol. The van der Waals surface area contributed by atoms with Crippen LogP contribution in [0.5, 0.6) is 0 Å². The molecule has 4 aliphatic heterocycles. The maximum Gasteiger partial charge on any atom is 0.233 e. The smallest absolute Gasteiger partial charge is 0.233 e. The number of amides is 1. The van der Waals surface area contributed by atoms with Crippen LogP contribution in [-0.2, 0) is 10.2 Å². The number of hydrogen-bond acceptors (Lipinski definition) is 7. The minimum absolute atomic E-state index is 0.0972. The van der Waals surface area contributed by atoms with Gasteiger partial charge in [-0.05, 0) is 83.6 Å². The Bertz CT molecular complexity index is 1560. The zero-order valence-electron chi connectivity index (χ0n) is 26.4. The van der Waals surface area contributed by atoms with Crippen LogP contribution in [-0.4, -0.2) is 103 Å². The molecule has 4 fully saturated rings. The molecule has 1 unspecified atom stereocenters. The number of piperazine rings is 1. The number of aryl methyl sites for hydroxylation is 2. The summed E-state index contributed by atoms with van der Waals surface area (Å²) in [7, 11) is -2.42. The summed E-state index contributed by atoms with van der Waals surface area (Å²) in [4.78, 5) is 40.6. The third-order valence-corrected chi connectivity index (χ3v) is 13.8. The number of rotatable bonds is 7. The van der Waals surface area contributed by atoms with Crippen molar-refractivity contribution < 1.29 is 18.7 Å². The van der Waals surface area contributed by atoms with E-state index in [2.05, 4.69) is 57.8 Å². The van der Waals surface area contributed by atoms with Gasteiger partial charge in [0.15, 0.2) is 5.78 Å². The molecule has 1 amide bonds. The van der Waals surface area contributed by atoms with Gasteiger partial charge in [-0.3, -0.25) is 28.5 Å².